The summed E-state index contributed by atoms with van der Waals surface area (Å²) in [5, 5.41) is 24.9. The summed E-state index contributed by atoms with van der Waals surface area (Å²) in [5.74, 6) is 0.561. The summed E-state index contributed by atoms with van der Waals surface area (Å²) < 4.78 is 7.01. The number of aryl methyl sites for hydroxylation is 1. The molecule has 2 aromatic carbocycles. The normalized spacial score (nSPS) is 10.9. The lowest BCUT2D eigenvalue weighted by atomic mass is 10.0. The number of fused-ring (bicyclic) bond motifs is 1. The Morgan fingerprint density at radius 1 is 1.22 bits per heavy atom. The van der Waals surface area contributed by atoms with Gasteiger partial charge in [0.2, 0.25) is 5.88 Å². The van der Waals surface area contributed by atoms with Crippen LogP contribution in [0, 0.1) is 5.41 Å². The van der Waals surface area contributed by atoms with Crippen LogP contribution in [0.1, 0.15) is 22.8 Å². The first-order valence-electron chi connectivity index (χ1n) is 11.3. The van der Waals surface area contributed by atoms with E-state index >= 15 is 0 Å². The van der Waals surface area contributed by atoms with Crippen molar-refractivity contribution < 1.29 is 14.6 Å². The molecule has 0 atom stereocenters. The zero-order valence-corrected chi connectivity index (χ0v) is 19.4. The van der Waals surface area contributed by atoms with Crippen LogP contribution >= 0.6 is 0 Å². The van der Waals surface area contributed by atoms with Crippen LogP contribution in [0.3, 0.4) is 0 Å². The Bertz CT molecular complexity index is 1570. The Labute approximate surface area is 206 Å². The highest BCUT2D eigenvalue weighted by Gasteiger charge is 2.15. The van der Waals surface area contributed by atoms with Crippen molar-refractivity contribution in [3.8, 4) is 34.1 Å². The molecule has 1 amide bonds. The Morgan fingerprint density at radius 2 is 2.11 bits per heavy atom. The topological polar surface area (TPSA) is 142 Å². The highest BCUT2D eigenvalue weighted by Crippen LogP contribution is 2.35. The predicted octanol–water partition coefficient (Wildman–Crippen LogP) is 4.13. The lowest BCUT2D eigenvalue weighted by Crippen LogP contribution is -2.22. The highest BCUT2D eigenvalue weighted by molar-refractivity contribution is 5.97. The van der Waals surface area contributed by atoms with Crippen LogP contribution in [0.15, 0.2) is 67.1 Å². The molecule has 0 radical (unpaired) electrons. The van der Waals surface area contributed by atoms with Crippen LogP contribution in [0.25, 0.3) is 33.5 Å². The minimum atomic E-state index is -0.217. The minimum Gasteiger partial charge on any atom is -0.507 e. The molecule has 0 aliphatic rings. The average Bonchev–Trinajstić information content (AvgIpc) is 3.54. The van der Waals surface area contributed by atoms with Crippen molar-refractivity contribution in [1.82, 2.24) is 30.0 Å². The molecule has 0 fully saturated rings. The number of amides is 1. The number of imidazole rings is 1. The molecule has 0 saturated carbocycles. The van der Waals surface area contributed by atoms with E-state index in [0.717, 1.165) is 29.6 Å². The molecule has 5 aromatic rings. The van der Waals surface area contributed by atoms with Crippen molar-refractivity contribution in [2.75, 3.05) is 0 Å². The Morgan fingerprint density at radius 3 is 2.92 bits per heavy atom. The van der Waals surface area contributed by atoms with E-state index < -0.39 is 0 Å². The predicted molar refractivity (Wildman–Crippen MR) is 135 cm³/mol. The van der Waals surface area contributed by atoms with Gasteiger partial charge in [0, 0.05) is 42.2 Å². The molecule has 0 aliphatic carbocycles. The second-order valence-electron chi connectivity index (χ2n) is 8.03. The number of carbonyl (C=O) groups excluding carboxylic acids is 1. The number of phenolic OH excluding ortho intramolecular Hbond substituents is 1. The van der Waals surface area contributed by atoms with Crippen molar-refractivity contribution >= 4 is 23.3 Å². The van der Waals surface area contributed by atoms with Crippen molar-refractivity contribution in [3.63, 3.8) is 0 Å². The number of carbonyl (C=O) groups is 1. The highest BCUT2D eigenvalue weighted by atomic mass is 16.5. The van der Waals surface area contributed by atoms with E-state index in [4.69, 9.17) is 10.1 Å². The fourth-order valence-electron chi connectivity index (χ4n) is 3.88. The van der Waals surface area contributed by atoms with Gasteiger partial charge in [0.15, 0.2) is 6.40 Å². The maximum Gasteiger partial charge on any atom is 0.251 e. The monoisotopic (exact) mass is 481 g/mol. The summed E-state index contributed by atoms with van der Waals surface area (Å²) in [4.78, 5) is 24.7. The number of H-pyrrole nitrogens is 1. The Kier molecular flexibility index (Phi) is 6.14. The Hall–Kier alpha value is -4.99. The summed E-state index contributed by atoms with van der Waals surface area (Å²) in [6.07, 6.45) is 6.03. The third kappa shape index (κ3) is 4.51. The summed E-state index contributed by atoms with van der Waals surface area (Å²) in [5.41, 5.74) is 4.60. The molecule has 10 heteroatoms. The molecule has 0 aliphatic heterocycles. The number of benzene rings is 2. The van der Waals surface area contributed by atoms with E-state index in [-0.39, 0.29) is 17.5 Å². The van der Waals surface area contributed by atoms with Crippen LogP contribution in [-0.4, -0.2) is 42.1 Å². The maximum absolute atomic E-state index is 12.7. The third-order valence-corrected chi connectivity index (χ3v) is 5.71. The first-order chi connectivity index (χ1) is 17.6. The summed E-state index contributed by atoms with van der Waals surface area (Å²) in [7, 11) is 0. The van der Waals surface area contributed by atoms with Gasteiger partial charge in [-0.2, -0.15) is 5.10 Å². The third-order valence-electron chi connectivity index (χ3n) is 5.71. The van der Waals surface area contributed by atoms with Crippen LogP contribution < -0.4 is 10.1 Å². The molecule has 4 N–H and O–H groups in total. The number of hydrogen-bond acceptors (Lipinski definition) is 7. The lowest BCUT2D eigenvalue weighted by molar-refractivity contribution is 0.0951. The molecule has 3 aromatic heterocycles. The molecule has 0 saturated heterocycles. The molecule has 10 nitrogen and oxygen atoms in total. The number of nitrogens with one attached hydrogen (secondary N) is 3. The first-order valence-corrected chi connectivity index (χ1v) is 11.3. The number of nitrogens with zero attached hydrogens (tertiary/aromatic N) is 4. The molecule has 36 heavy (non-hydrogen) atoms. The van der Waals surface area contributed by atoms with Crippen molar-refractivity contribution in [3.05, 3.63) is 78.2 Å². The van der Waals surface area contributed by atoms with Crippen LogP contribution in [-0.2, 0) is 13.1 Å². The SMILES string of the molecule is CCn1cc(CNC(=O)c2ccc3[nH]c(-c4cc(-c5cccnc5OC=N)ccc4O)nc3c2)cn1. The van der Waals surface area contributed by atoms with Gasteiger partial charge in [-0.05, 0) is 55.0 Å². The van der Waals surface area contributed by atoms with Gasteiger partial charge in [0.25, 0.3) is 5.91 Å². The molecule has 3 heterocycles. The van der Waals surface area contributed by atoms with Crippen molar-refractivity contribution in [2.45, 2.75) is 20.0 Å². The van der Waals surface area contributed by atoms with E-state index in [1.807, 2.05) is 19.2 Å². The van der Waals surface area contributed by atoms with E-state index in [1.165, 1.54) is 0 Å². The molecule has 0 unspecified atom stereocenters. The molecule has 180 valence electrons. The molecular weight excluding hydrogens is 458 g/mol. The van der Waals surface area contributed by atoms with Gasteiger partial charge in [0.1, 0.15) is 11.6 Å². The molecule has 5 rings (SSSR count). The van der Waals surface area contributed by atoms with E-state index in [1.54, 1.807) is 59.5 Å². The number of phenols is 1. The fraction of sp³-hybridized carbons (Fsp3) is 0.115. The van der Waals surface area contributed by atoms with Crippen LogP contribution in [0.5, 0.6) is 11.6 Å². The van der Waals surface area contributed by atoms with Gasteiger partial charge >= 0.3 is 0 Å². The zero-order valence-electron chi connectivity index (χ0n) is 19.4. The largest absolute Gasteiger partial charge is 0.507 e. The number of pyridine rings is 1. The standard InChI is InChI=1S/C26H23N7O3/c1-2-33-14-16(13-30-33)12-29-25(35)18-5-7-21-22(11-18)32-24(31-21)20-10-17(6-8-23(20)34)19-4-3-9-28-26(19)36-15-27/h3-11,13-15,27,34H,2,12H2,1H3,(H,29,35)(H,31,32). The number of ether oxygens (including phenoxy) is 1. The first kappa shape index (κ1) is 22.8. The van der Waals surface area contributed by atoms with E-state index in [9.17, 15) is 9.90 Å². The maximum atomic E-state index is 12.7. The summed E-state index contributed by atoms with van der Waals surface area (Å²) in [6.45, 7) is 3.15. The second-order valence-corrected chi connectivity index (χ2v) is 8.03. The van der Waals surface area contributed by atoms with E-state index in [0.29, 0.717) is 34.6 Å². The molecule has 0 spiro atoms. The van der Waals surface area contributed by atoms with Gasteiger partial charge in [-0.3, -0.25) is 14.9 Å². The van der Waals surface area contributed by atoms with Crippen LogP contribution in [0.2, 0.25) is 0 Å². The fourth-order valence-corrected chi connectivity index (χ4v) is 3.88. The van der Waals surface area contributed by atoms with Gasteiger partial charge < -0.3 is 20.1 Å². The summed E-state index contributed by atoms with van der Waals surface area (Å²) >= 11 is 0. The molecular formula is C26H23N7O3. The van der Waals surface area contributed by atoms with Crippen LogP contribution in [0.4, 0.5) is 0 Å². The number of hydrogen-bond donors (Lipinski definition) is 4. The van der Waals surface area contributed by atoms with Gasteiger partial charge in [0.05, 0.1) is 22.8 Å². The Balaban J connectivity index is 1.42. The number of rotatable bonds is 8. The second kappa shape index (κ2) is 9.71. The minimum absolute atomic E-state index is 0.0433. The number of aromatic hydroxyl groups is 1. The average molecular weight is 482 g/mol. The number of aromatic nitrogens is 5. The van der Waals surface area contributed by atoms with Gasteiger partial charge in [-0.25, -0.2) is 9.97 Å². The van der Waals surface area contributed by atoms with E-state index in [2.05, 4.69) is 25.4 Å². The summed E-state index contributed by atoms with van der Waals surface area (Å²) in [6, 6.07) is 13.9. The smallest absolute Gasteiger partial charge is 0.251 e. The van der Waals surface area contributed by atoms with Crippen molar-refractivity contribution in [2.24, 2.45) is 0 Å². The van der Waals surface area contributed by atoms with Gasteiger partial charge in [-0.15, -0.1) is 0 Å². The lowest BCUT2D eigenvalue weighted by Gasteiger charge is -2.09. The zero-order chi connectivity index (χ0) is 25.1. The van der Waals surface area contributed by atoms with Gasteiger partial charge in [-0.1, -0.05) is 6.07 Å². The van der Waals surface area contributed by atoms with Crippen molar-refractivity contribution in [1.29, 1.82) is 5.41 Å². The molecule has 0 bridgehead atoms. The quantitative estimate of drug-likeness (QED) is 0.194. The number of aromatic amines is 1.